The van der Waals surface area contributed by atoms with Crippen LogP contribution in [0.4, 0.5) is 0 Å². The van der Waals surface area contributed by atoms with Gasteiger partial charge in [-0.05, 0) is 37.5 Å². The Labute approximate surface area is 72.0 Å². The van der Waals surface area contributed by atoms with Crippen LogP contribution in [0.3, 0.4) is 0 Å². The maximum atomic E-state index is 11.6. The Kier molecular flexibility index (Phi) is 1.13. The maximum absolute atomic E-state index is 11.6. The minimum absolute atomic E-state index is 0.0150. The molecule has 3 fully saturated rings. The SMILES string of the molecule is O=C1CC2CC3CC1C(O)(C2)C3. The van der Waals surface area contributed by atoms with E-state index in [4.69, 9.17) is 0 Å². The van der Waals surface area contributed by atoms with Gasteiger partial charge in [0.25, 0.3) is 0 Å². The third-order valence-electron chi connectivity index (χ3n) is 4.05. The summed E-state index contributed by atoms with van der Waals surface area (Å²) >= 11 is 0. The van der Waals surface area contributed by atoms with Crippen molar-refractivity contribution in [2.24, 2.45) is 17.8 Å². The molecule has 0 spiro atoms. The van der Waals surface area contributed by atoms with Crippen LogP contribution in [0.1, 0.15) is 32.1 Å². The molecule has 12 heavy (non-hydrogen) atoms. The quantitative estimate of drug-likeness (QED) is 0.585. The number of rotatable bonds is 0. The van der Waals surface area contributed by atoms with Crippen LogP contribution in [-0.2, 0) is 4.79 Å². The largest absolute Gasteiger partial charge is 0.389 e. The minimum atomic E-state index is -0.567. The van der Waals surface area contributed by atoms with Gasteiger partial charge >= 0.3 is 0 Å². The summed E-state index contributed by atoms with van der Waals surface area (Å²) in [6.45, 7) is 0. The molecule has 1 N–H and O–H groups in total. The molecule has 66 valence electrons. The van der Waals surface area contributed by atoms with E-state index in [-0.39, 0.29) is 5.92 Å². The Morgan fingerprint density at radius 1 is 1.25 bits per heavy atom. The first-order valence-corrected chi connectivity index (χ1v) is 4.92. The number of aliphatic hydroxyl groups is 1. The topological polar surface area (TPSA) is 37.3 Å². The monoisotopic (exact) mass is 166 g/mol. The van der Waals surface area contributed by atoms with Crippen molar-refractivity contribution in [3.63, 3.8) is 0 Å². The summed E-state index contributed by atoms with van der Waals surface area (Å²) in [6, 6.07) is 0. The number of hydrogen-bond donors (Lipinski definition) is 1. The molecular formula is C10H14O2. The minimum Gasteiger partial charge on any atom is -0.389 e. The Morgan fingerprint density at radius 2 is 2.00 bits per heavy atom. The molecule has 0 saturated heterocycles. The maximum Gasteiger partial charge on any atom is 0.139 e. The van der Waals surface area contributed by atoms with Crippen LogP contribution in [0.2, 0.25) is 0 Å². The van der Waals surface area contributed by atoms with Gasteiger partial charge in [0, 0.05) is 12.3 Å². The number of carbonyl (C=O) groups is 1. The number of carbonyl (C=O) groups excluding carboxylic acids is 1. The normalized spacial score (nSPS) is 56.4. The summed E-state index contributed by atoms with van der Waals surface area (Å²) in [5.41, 5.74) is -0.567. The van der Waals surface area contributed by atoms with Gasteiger partial charge in [0.15, 0.2) is 0 Å². The molecule has 0 heterocycles. The van der Waals surface area contributed by atoms with Crippen LogP contribution < -0.4 is 0 Å². The zero-order valence-electron chi connectivity index (χ0n) is 7.12. The smallest absolute Gasteiger partial charge is 0.139 e. The number of Topliss-reactive ketones (excluding diaryl/α,β-unsaturated/α-hetero) is 1. The summed E-state index contributed by atoms with van der Waals surface area (Å²) in [7, 11) is 0. The summed E-state index contributed by atoms with van der Waals surface area (Å²) in [5, 5.41) is 10.2. The van der Waals surface area contributed by atoms with E-state index in [9.17, 15) is 9.90 Å². The lowest BCUT2D eigenvalue weighted by Gasteiger charge is -2.40. The van der Waals surface area contributed by atoms with E-state index in [1.807, 2.05) is 0 Å². The van der Waals surface area contributed by atoms with Crippen LogP contribution in [0, 0.1) is 17.8 Å². The second kappa shape index (κ2) is 1.92. The Hall–Kier alpha value is -0.370. The van der Waals surface area contributed by atoms with Gasteiger partial charge in [0.05, 0.1) is 5.60 Å². The Bertz CT molecular complexity index is 248. The highest BCUT2D eigenvalue weighted by molar-refractivity contribution is 5.84. The third-order valence-corrected chi connectivity index (χ3v) is 4.05. The van der Waals surface area contributed by atoms with Crippen LogP contribution in [0.25, 0.3) is 0 Å². The zero-order chi connectivity index (χ0) is 8.34. The number of fused-ring (bicyclic) bond motifs is 2. The van der Waals surface area contributed by atoms with Crippen LogP contribution in [-0.4, -0.2) is 16.5 Å². The lowest BCUT2D eigenvalue weighted by molar-refractivity contribution is -0.139. The van der Waals surface area contributed by atoms with Crippen molar-refractivity contribution >= 4 is 5.78 Å². The van der Waals surface area contributed by atoms with Gasteiger partial charge in [0.1, 0.15) is 5.78 Å². The predicted octanol–water partition coefficient (Wildman–Crippen LogP) is 1.13. The molecule has 0 aromatic heterocycles. The van der Waals surface area contributed by atoms with Gasteiger partial charge in [-0.25, -0.2) is 0 Å². The van der Waals surface area contributed by atoms with Crippen molar-refractivity contribution in [1.29, 1.82) is 0 Å². The third kappa shape index (κ3) is 0.717. The molecule has 0 aromatic carbocycles. The molecular weight excluding hydrogens is 152 g/mol. The second-order valence-corrected chi connectivity index (χ2v) is 4.94. The van der Waals surface area contributed by atoms with Gasteiger partial charge in [-0.2, -0.15) is 0 Å². The van der Waals surface area contributed by atoms with E-state index in [0.717, 1.165) is 25.7 Å². The zero-order valence-corrected chi connectivity index (χ0v) is 7.12. The first-order valence-electron chi connectivity index (χ1n) is 4.92. The van der Waals surface area contributed by atoms with Gasteiger partial charge < -0.3 is 5.11 Å². The van der Waals surface area contributed by atoms with E-state index < -0.39 is 5.60 Å². The van der Waals surface area contributed by atoms with Crippen LogP contribution in [0.5, 0.6) is 0 Å². The van der Waals surface area contributed by atoms with E-state index in [2.05, 4.69) is 0 Å². The fraction of sp³-hybridized carbons (Fsp3) is 0.900. The van der Waals surface area contributed by atoms with Crippen LogP contribution in [0.15, 0.2) is 0 Å². The lowest BCUT2D eigenvalue weighted by Crippen LogP contribution is -2.46. The molecule has 4 atom stereocenters. The molecule has 2 nitrogen and oxygen atoms in total. The van der Waals surface area contributed by atoms with Gasteiger partial charge in [-0.15, -0.1) is 0 Å². The molecule has 3 saturated carbocycles. The highest BCUT2D eigenvalue weighted by atomic mass is 16.3. The fourth-order valence-corrected chi connectivity index (χ4v) is 3.75. The van der Waals surface area contributed by atoms with Crippen molar-refractivity contribution < 1.29 is 9.90 Å². The second-order valence-electron chi connectivity index (χ2n) is 4.94. The molecule has 3 aliphatic rings. The number of ketones is 1. The molecule has 2 heteroatoms. The fourth-order valence-electron chi connectivity index (χ4n) is 3.75. The van der Waals surface area contributed by atoms with E-state index in [0.29, 0.717) is 17.6 Å². The molecule has 3 bridgehead atoms. The lowest BCUT2D eigenvalue weighted by atomic mass is 9.68. The summed E-state index contributed by atoms with van der Waals surface area (Å²) in [4.78, 5) is 11.6. The molecule has 0 amide bonds. The Morgan fingerprint density at radius 3 is 2.83 bits per heavy atom. The predicted molar refractivity (Wildman–Crippen MR) is 43.5 cm³/mol. The van der Waals surface area contributed by atoms with Crippen molar-refractivity contribution in [3.8, 4) is 0 Å². The molecule has 3 rings (SSSR count). The highest BCUT2D eigenvalue weighted by Crippen LogP contribution is 2.55. The van der Waals surface area contributed by atoms with Crippen molar-refractivity contribution in [3.05, 3.63) is 0 Å². The van der Waals surface area contributed by atoms with Gasteiger partial charge in [0.2, 0.25) is 0 Å². The highest BCUT2D eigenvalue weighted by Gasteiger charge is 2.57. The van der Waals surface area contributed by atoms with Gasteiger partial charge in [-0.3, -0.25) is 4.79 Å². The van der Waals surface area contributed by atoms with Crippen molar-refractivity contribution in [1.82, 2.24) is 0 Å². The summed E-state index contributed by atoms with van der Waals surface area (Å²) < 4.78 is 0. The molecule has 3 aliphatic carbocycles. The van der Waals surface area contributed by atoms with Crippen molar-refractivity contribution in [2.75, 3.05) is 0 Å². The first kappa shape index (κ1) is 7.07. The summed E-state index contributed by atoms with van der Waals surface area (Å²) in [6.07, 6.45) is 4.74. The molecule has 0 radical (unpaired) electrons. The average molecular weight is 166 g/mol. The standard InChI is InChI=1S/C10H14O2/c11-9-3-7-1-6-2-8(9)10(12,4-6)5-7/h6-8,12H,1-5H2. The van der Waals surface area contributed by atoms with E-state index in [1.54, 1.807) is 0 Å². The van der Waals surface area contributed by atoms with E-state index >= 15 is 0 Å². The van der Waals surface area contributed by atoms with Crippen molar-refractivity contribution in [2.45, 2.75) is 37.7 Å². The molecule has 4 unspecified atom stereocenters. The Balaban J connectivity index is 2.06. The molecule has 0 aromatic rings. The number of hydrogen-bond acceptors (Lipinski definition) is 2. The molecule has 0 aliphatic heterocycles. The van der Waals surface area contributed by atoms with Gasteiger partial charge in [-0.1, -0.05) is 0 Å². The first-order chi connectivity index (χ1) is 5.67. The van der Waals surface area contributed by atoms with E-state index in [1.165, 1.54) is 6.42 Å². The summed E-state index contributed by atoms with van der Waals surface area (Å²) in [5.74, 6) is 1.53. The average Bonchev–Trinajstić information content (AvgIpc) is 2.11. The van der Waals surface area contributed by atoms with Crippen LogP contribution >= 0.6 is 0 Å².